The van der Waals surface area contributed by atoms with Crippen molar-refractivity contribution in [1.29, 1.82) is 0 Å². The largest absolute Gasteiger partial charge is 0.306 e. The molecule has 0 aliphatic rings. The molecule has 2 aromatic carbocycles. The van der Waals surface area contributed by atoms with Gasteiger partial charge in [0.15, 0.2) is 0 Å². The van der Waals surface area contributed by atoms with Crippen LogP contribution in [0.5, 0.6) is 0 Å². The van der Waals surface area contributed by atoms with Crippen LogP contribution in [0.2, 0.25) is 0 Å². The average molecular weight is 358 g/mol. The molecule has 0 saturated carbocycles. The number of aryl methyl sites for hydroxylation is 1. The van der Waals surface area contributed by atoms with Gasteiger partial charge in [0.1, 0.15) is 17.5 Å². The predicted molar refractivity (Wildman–Crippen MR) is 80.7 cm³/mol. The maximum absolute atomic E-state index is 14.3. The summed E-state index contributed by atoms with van der Waals surface area (Å²) in [5.41, 5.74) is 0.728. The highest BCUT2D eigenvalue weighted by Gasteiger charge is 2.23. The Labute approximate surface area is 130 Å². The van der Waals surface area contributed by atoms with E-state index in [1.54, 1.807) is 13.0 Å². The lowest BCUT2D eigenvalue weighted by atomic mass is 9.96. The Morgan fingerprint density at radius 1 is 1.14 bits per heavy atom. The summed E-state index contributed by atoms with van der Waals surface area (Å²) in [4.78, 5) is 0. The van der Waals surface area contributed by atoms with E-state index >= 15 is 0 Å². The van der Waals surface area contributed by atoms with Crippen LogP contribution in [0.4, 0.5) is 13.2 Å². The molecule has 0 bridgehead atoms. The van der Waals surface area contributed by atoms with E-state index in [9.17, 15) is 13.2 Å². The van der Waals surface area contributed by atoms with Gasteiger partial charge in [-0.25, -0.2) is 13.2 Å². The van der Waals surface area contributed by atoms with Gasteiger partial charge in [-0.15, -0.1) is 0 Å². The lowest BCUT2D eigenvalue weighted by Gasteiger charge is -2.21. The molecule has 0 spiro atoms. The molecule has 0 radical (unpaired) electrons. The third kappa shape index (κ3) is 3.47. The van der Waals surface area contributed by atoms with E-state index in [1.807, 2.05) is 6.92 Å². The molecule has 2 rings (SSSR count). The second-order valence-corrected chi connectivity index (χ2v) is 5.70. The van der Waals surface area contributed by atoms with Crippen LogP contribution in [-0.4, -0.2) is 6.54 Å². The molecular formula is C16H15BrF3N. The van der Waals surface area contributed by atoms with Crippen LogP contribution in [0.15, 0.2) is 34.8 Å². The summed E-state index contributed by atoms with van der Waals surface area (Å²) in [6.07, 6.45) is 0. The van der Waals surface area contributed by atoms with Gasteiger partial charge in [0.2, 0.25) is 0 Å². The Hall–Kier alpha value is -1.33. The molecule has 0 amide bonds. The third-order valence-electron chi connectivity index (χ3n) is 3.23. The maximum atomic E-state index is 14.3. The van der Waals surface area contributed by atoms with Crippen LogP contribution in [0.25, 0.3) is 0 Å². The van der Waals surface area contributed by atoms with E-state index < -0.39 is 23.5 Å². The number of halogens is 4. The van der Waals surface area contributed by atoms with Crippen LogP contribution in [0.3, 0.4) is 0 Å². The second-order valence-electron chi connectivity index (χ2n) is 4.79. The van der Waals surface area contributed by atoms with Crippen LogP contribution < -0.4 is 5.32 Å². The third-order valence-corrected chi connectivity index (χ3v) is 3.69. The minimum absolute atomic E-state index is 0.0886. The molecule has 0 aliphatic heterocycles. The molecule has 112 valence electrons. The van der Waals surface area contributed by atoms with Gasteiger partial charge in [0.05, 0.1) is 6.04 Å². The van der Waals surface area contributed by atoms with Crippen molar-refractivity contribution in [2.45, 2.75) is 19.9 Å². The van der Waals surface area contributed by atoms with E-state index in [1.165, 1.54) is 24.3 Å². The van der Waals surface area contributed by atoms with Crippen LogP contribution >= 0.6 is 15.9 Å². The Morgan fingerprint density at radius 2 is 1.86 bits per heavy atom. The highest BCUT2D eigenvalue weighted by atomic mass is 79.9. The highest BCUT2D eigenvalue weighted by Crippen LogP contribution is 2.30. The number of nitrogens with one attached hydrogen (secondary N) is 1. The van der Waals surface area contributed by atoms with Crippen molar-refractivity contribution in [2.24, 2.45) is 0 Å². The van der Waals surface area contributed by atoms with Gasteiger partial charge >= 0.3 is 0 Å². The SMILES string of the molecule is CCNC(c1cc(F)cc(Br)c1)c1c(F)ccc(C)c1F. The molecule has 21 heavy (non-hydrogen) atoms. The zero-order valence-electron chi connectivity index (χ0n) is 11.7. The summed E-state index contributed by atoms with van der Waals surface area (Å²) in [7, 11) is 0. The lowest BCUT2D eigenvalue weighted by Crippen LogP contribution is -2.24. The van der Waals surface area contributed by atoms with Crippen molar-refractivity contribution in [3.63, 3.8) is 0 Å². The fourth-order valence-electron chi connectivity index (χ4n) is 2.28. The minimum Gasteiger partial charge on any atom is -0.306 e. The first-order chi connectivity index (χ1) is 9.93. The van der Waals surface area contributed by atoms with Crippen molar-refractivity contribution in [1.82, 2.24) is 5.32 Å². The van der Waals surface area contributed by atoms with Crippen molar-refractivity contribution in [3.05, 3.63) is 68.9 Å². The van der Waals surface area contributed by atoms with Gasteiger partial charge in [0.25, 0.3) is 0 Å². The van der Waals surface area contributed by atoms with E-state index in [0.29, 0.717) is 22.1 Å². The van der Waals surface area contributed by atoms with E-state index in [4.69, 9.17) is 0 Å². The second kappa shape index (κ2) is 6.62. The fraction of sp³-hybridized carbons (Fsp3) is 0.250. The van der Waals surface area contributed by atoms with Crippen molar-refractivity contribution in [3.8, 4) is 0 Å². The van der Waals surface area contributed by atoms with Crippen molar-refractivity contribution >= 4 is 15.9 Å². The summed E-state index contributed by atoms with van der Waals surface area (Å²) >= 11 is 3.20. The Bertz CT molecular complexity index is 638. The first-order valence-corrected chi connectivity index (χ1v) is 7.37. The van der Waals surface area contributed by atoms with Crippen LogP contribution in [0.1, 0.15) is 29.7 Å². The van der Waals surface area contributed by atoms with Gasteiger partial charge in [-0.05, 0) is 48.9 Å². The molecule has 5 heteroatoms. The normalized spacial score (nSPS) is 12.5. The standard InChI is InChI=1S/C16H15BrF3N/c1-3-21-16(10-6-11(17)8-12(18)7-10)14-13(19)5-4-9(2)15(14)20/h4-8,16,21H,3H2,1-2H3. The van der Waals surface area contributed by atoms with Gasteiger partial charge in [0, 0.05) is 10.0 Å². The average Bonchev–Trinajstić information content (AvgIpc) is 2.41. The summed E-state index contributed by atoms with van der Waals surface area (Å²) in [6.45, 7) is 3.89. The van der Waals surface area contributed by atoms with Gasteiger partial charge < -0.3 is 5.32 Å². The molecule has 0 saturated heterocycles. The Kier molecular flexibility index (Phi) is 5.06. The summed E-state index contributed by atoms with van der Waals surface area (Å²) in [5.74, 6) is -1.72. The van der Waals surface area contributed by atoms with Crippen LogP contribution in [-0.2, 0) is 0 Å². The predicted octanol–water partition coefficient (Wildman–Crippen LogP) is 4.87. The molecule has 0 aromatic heterocycles. The first kappa shape index (κ1) is 16.0. The Morgan fingerprint density at radius 3 is 2.48 bits per heavy atom. The molecule has 1 N–H and O–H groups in total. The molecule has 0 aliphatic carbocycles. The molecule has 0 fully saturated rings. The molecule has 1 nitrogen and oxygen atoms in total. The minimum atomic E-state index is -0.748. The summed E-state index contributed by atoms with van der Waals surface area (Å²) in [5, 5.41) is 3.01. The molecular weight excluding hydrogens is 343 g/mol. The van der Waals surface area contributed by atoms with Crippen LogP contribution in [0, 0.1) is 24.4 Å². The lowest BCUT2D eigenvalue weighted by molar-refractivity contribution is 0.504. The maximum Gasteiger partial charge on any atom is 0.134 e. The number of hydrogen-bond donors (Lipinski definition) is 1. The number of hydrogen-bond acceptors (Lipinski definition) is 1. The van der Waals surface area contributed by atoms with E-state index in [2.05, 4.69) is 21.2 Å². The summed E-state index contributed by atoms with van der Waals surface area (Å²) in [6, 6.07) is 6.10. The smallest absolute Gasteiger partial charge is 0.134 e. The first-order valence-electron chi connectivity index (χ1n) is 6.58. The Balaban J connectivity index is 2.61. The van der Waals surface area contributed by atoms with Crippen molar-refractivity contribution in [2.75, 3.05) is 6.54 Å². The highest BCUT2D eigenvalue weighted by molar-refractivity contribution is 9.10. The molecule has 1 atom stereocenters. The zero-order chi connectivity index (χ0) is 15.6. The van der Waals surface area contributed by atoms with E-state index in [-0.39, 0.29) is 5.56 Å². The quantitative estimate of drug-likeness (QED) is 0.822. The zero-order valence-corrected chi connectivity index (χ0v) is 13.3. The molecule has 1 unspecified atom stereocenters. The summed E-state index contributed by atoms with van der Waals surface area (Å²) < 4.78 is 42.5. The number of rotatable bonds is 4. The van der Waals surface area contributed by atoms with E-state index in [0.717, 1.165) is 0 Å². The van der Waals surface area contributed by atoms with Gasteiger partial charge in [-0.2, -0.15) is 0 Å². The molecule has 2 aromatic rings. The van der Waals surface area contributed by atoms with Gasteiger partial charge in [-0.3, -0.25) is 0 Å². The van der Waals surface area contributed by atoms with Crippen molar-refractivity contribution < 1.29 is 13.2 Å². The topological polar surface area (TPSA) is 12.0 Å². The number of benzene rings is 2. The van der Waals surface area contributed by atoms with Gasteiger partial charge in [-0.1, -0.05) is 28.9 Å². The fourth-order valence-corrected chi connectivity index (χ4v) is 2.76. The molecule has 0 heterocycles. The monoisotopic (exact) mass is 357 g/mol.